The number of benzene rings is 1. The highest BCUT2D eigenvalue weighted by Crippen LogP contribution is 2.23. The number of rotatable bonds is 2. The smallest absolute Gasteiger partial charge is 0.429 e. The SMILES string of the molecule is Cc1ccc(N(C(=O)OC(C)(C)C)S(=O)(=O)Cl)cc1. The van der Waals surface area contributed by atoms with Gasteiger partial charge in [0.05, 0.1) is 5.69 Å². The van der Waals surface area contributed by atoms with Gasteiger partial charge in [0.25, 0.3) is 0 Å². The molecule has 0 aliphatic rings. The average molecular weight is 306 g/mol. The third-order valence-corrected chi connectivity index (χ3v) is 3.26. The molecule has 106 valence electrons. The lowest BCUT2D eigenvalue weighted by atomic mass is 10.2. The van der Waals surface area contributed by atoms with Crippen LogP contribution in [0.1, 0.15) is 26.3 Å². The van der Waals surface area contributed by atoms with Gasteiger partial charge < -0.3 is 4.74 Å². The Labute approximate surface area is 117 Å². The van der Waals surface area contributed by atoms with Gasteiger partial charge in [0, 0.05) is 10.7 Å². The molecule has 5 nitrogen and oxygen atoms in total. The summed E-state index contributed by atoms with van der Waals surface area (Å²) < 4.78 is 28.5. The summed E-state index contributed by atoms with van der Waals surface area (Å²) in [6.45, 7) is 6.76. The Morgan fingerprint density at radius 1 is 1.21 bits per heavy atom. The number of aryl methyl sites for hydroxylation is 1. The summed E-state index contributed by atoms with van der Waals surface area (Å²) in [5.74, 6) is 0. The van der Waals surface area contributed by atoms with Crippen molar-refractivity contribution in [3.05, 3.63) is 29.8 Å². The molecule has 0 N–H and O–H groups in total. The first kappa shape index (κ1) is 15.8. The van der Waals surface area contributed by atoms with E-state index in [0.29, 0.717) is 4.31 Å². The zero-order valence-electron chi connectivity index (χ0n) is 11.2. The summed E-state index contributed by atoms with van der Waals surface area (Å²) in [6.07, 6.45) is -1.04. The van der Waals surface area contributed by atoms with E-state index in [-0.39, 0.29) is 5.69 Å². The summed E-state index contributed by atoms with van der Waals surface area (Å²) in [4.78, 5) is 11.9. The van der Waals surface area contributed by atoms with E-state index in [4.69, 9.17) is 15.4 Å². The fourth-order valence-electron chi connectivity index (χ4n) is 1.30. The number of amides is 1. The molecular weight excluding hydrogens is 290 g/mol. The number of hydrogen-bond acceptors (Lipinski definition) is 4. The highest BCUT2D eigenvalue weighted by Gasteiger charge is 2.31. The zero-order chi connectivity index (χ0) is 14.8. The molecule has 0 spiro atoms. The number of carbonyl (C=O) groups excluding carboxylic acids is 1. The molecule has 0 radical (unpaired) electrons. The fraction of sp³-hybridized carbons (Fsp3) is 0.417. The Morgan fingerprint density at radius 2 is 1.68 bits per heavy atom. The molecule has 1 aromatic carbocycles. The van der Waals surface area contributed by atoms with Gasteiger partial charge in [-0.15, -0.1) is 0 Å². The second kappa shape index (κ2) is 5.38. The van der Waals surface area contributed by atoms with E-state index in [2.05, 4.69) is 0 Å². The van der Waals surface area contributed by atoms with Gasteiger partial charge in [-0.25, -0.2) is 4.79 Å². The molecule has 1 rings (SSSR count). The molecule has 7 heteroatoms. The summed E-state index contributed by atoms with van der Waals surface area (Å²) in [5, 5.41) is 0. The molecule has 1 aromatic rings. The number of hydrogen-bond donors (Lipinski definition) is 0. The number of carbonyl (C=O) groups is 1. The number of halogens is 1. The van der Waals surface area contributed by atoms with Crippen molar-refractivity contribution in [3.63, 3.8) is 0 Å². The Hall–Kier alpha value is -1.27. The lowest BCUT2D eigenvalue weighted by Crippen LogP contribution is -2.38. The normalized spacial score (nSPS) is 12.1. The maximum Gasteiger partial charge on any atom is 0.429 e. The molecule has 0 saturated heterocycles. The van der Waals surface area contributed by atoms with Crippen LogP contribution in [-0.4, -0.2) is 20.1 Å². The monoisotopic (exact) mass is 305 g/mol. The Kier molecular flexibility index (Phi) is 4.47. The van der Waals surface area contributed by atoms with Crippen molar-refractivity contribution in [1.82, 2.24) is 0 Å². The molecule has 0 unspecified atom stereocenters. The Bertz CT molecular complexity index is 560. The summed E-state index contributed by atoms with van der Waals surface area (Å²) >= 11 is 0. The van der Waals surface area contributed by atoms with Crippen molar-refractivity contribution in [2.24, 2.45) is 0 Å². The number of ether oxygens (including phenoxy) is 1. The van der Waals surface area contributed by atoms with E-state index < -0.39 is 20.9 Å². The Morgan fingerprint density at radius 3 is 2.05 bits per heavy atom. The molecule has 0 heterocycles. The molecule has 0 aliphatic heterocycles. The van der Waals surface area contributed by atoms with Gasteiger partial charge in [-0.3, -0.25) is 0 Å². The van der Waals surface area contributed by atoms with Gasteiger partial charge in [0.2, 0.25) is 0 Å². The van der Waals surface area contributed by atoms with E-state index in [0.717, 1.165) is 5.56 Å². The van der Waals surface area contributed by atoms with Crippen molar-refractivity contribution in [3.8, 4) is 0 Å². The van der Waals surface area contributed by atoms with E-state index in [1.54, 1.807) is 32.9 Å². The van der Waals surface area contributed by atoms with Crippen LogP contribution in [0.25, 0.3) is 0 Å². The van der Waals surface area contributed by atoms with E-state index in [1.165, 1.54) is 12.1 Å². The van der Waals surface area contributed by atoms with Crippen LogP contribution >= 0.6 is 10.7 Å². The van der Waals surface area contributed by atoms with Crippen LogP contribution in [0.15, 0.2) is 24.3 Å². The van der Waals surface area contributed by atoms with Crippen molar-refractivity contribution in [2.75, 3.05) is 4.31 Å². The van der Waals surface area contributed by atoms with Crippen LogP contribution in [0.2, 0.25) is 0 Å². The lowest BCUT2D eigenvalue weighted by Gasteiger charge is -2.25. The highest BCUT2D eigenvalue weighted by molar-refractivity contribution is 8.15. The molecule has 19 heavy (non-hydrogen) atoms. The third-order valence-electron chi connectivity index (χ3n) is 2.05. The molecule has 0 atom stereocenters. The van der Waals surface area contributed by atoms with Gasteiger partial charge in [-0.2, -0.15) is 12.7 Å². The maximum absolute atomic E-state index is 11.9. The molecule has 0 bridgehead atoms. The Balaban J connectivity index is 3.17. The van der Waals surface area contributed by atoms with E-state index >= 15 is 0 Å². The second-order valence-electron chi connectivity index (χ2n) is 5.02. The summed E-state index contributed by atoms with van der Waals surface area (Å²) in [6, 6.07) is 6.32. The predicted molar refractivity (Wildman–Crippen MR) is 74.7 cm³/mol. The predicted octanol–water partition coefficient (Wildman–Crippen LogP) is 3.22. The van der Waals surface area contributed by atoms with Gasteiger partial charge in [-0.05, 0) is 39.8 Å². The molecule has 0 aromatic heterocycles. The zero-order valence-corrected chi connectivity index (χ0v) is 12.7. The fourth-order valence-corrected chi connectivity index (χ4v) is 2.30. The minimum Gasteiger partial charge on any atom is -0.443 e. The lowest BCUT2D eigenvalue weighted by molar-refractivity contribution is 0.0609. The molecular formula is C12H16ClNO4S. The topological polar surface area (TPSA) is 63.7 Å². The van der Waals surface area contributed by atoms with Gasteiger partial charge >= 0.3 is 15.3 Å². The van der Waals surface area contributed by atoms with Gasteiger partial charge in [0.1, 0.15) is 5.60 Å². The first-order valence-electron chi connectivity index (χ1n) is 5.55. The average Bonchev–Trinajstić information content (AvgIpc) is 2.16. The second-order valence-corrected chi connectivity index (χ2v) is 7.38. The van der Waals surface area contributed by atoms with Crippen LogP contribution < -0.4 is 4.31 Å². The summed E-state index contributed by atoms with van der Waals surface area (Å²) in [5.41, 5.74) is 0.247. The third kappa shape index (κ3) is 4.72. The first-order chi connectivity index (χ1) is 8.50. The van der Waals surface area contributed by atoms with Crippen LogP contribution in [0.4, 0.5) is 10.5 Å². The van der Waals surface area contributed by atoms with Crippen molar-refractivity contribution in [2.45, 2.75) is 33.3 Å². The molecule has 0 fully saturated rings. The highest BCUT2D eigenvalue weighted by atomic mass is 35.7. The van der Waals surface area contributed by atoms with Crippen LogP contribution in [-0.2, 0) is 14.0 Å². The maximum atomic E-state index is 11.9. The van der Waals surface area contributed by atoms with Crippen LogP contribution in [0.5, 0.6) is 0 Å². The van der Waals surface area contributed by atoms with Crippen molar-refractivity contribution >= 4 is 31.7 Å². The van der Waals surface area contributed by atoms with Gasteiger partial charge in [-0.1, -0.05) is 17.7 Å². The molecule has 0 aliphatic carbocycles. The van der Waals surface area contributed by atoms with E-state index in [1.807, 2.05) is 6.92 Å². The largest absolute Gasteiger partial charge is 0.443 e. The summed E-state index contributed by atoms with van der Waals surface area (Å²) in [7, 11) is 1.02. The molecule has 1 amide bonds. The van der Waals surface area contributed by atoms with E-state index in [9.17, 15) is 13.2 Å². The minimum absolute atomic E-state index is 0.134. The quantitative estimate of drug-likeness (QED) is 0.787. The standard InChI is InChI=1S/C12H16ClNO4S/c1-9-5-7-10(8-6-9)14(19(13,16)17)11(15)18-12(2,3)4/h5-8H,1-4H3. The molecule has 0 saturated carbocycles. The first-order valence-corrected chi connectivity index (χ1v) is 7.82. The van der Waals surface area contributed by atoms with Gasteiger partial charge in [0.15, 0.2) is 0 Å². The van der Waals surface area contributed by atoms with Crippen LogP contribution in [0, 0.1) is 6.92 Å². The number of nitrogens with zero attached hydrogens (tertiary/aromatic N) is 1. The van der Waals surface area contributed by atoms with Crippen molar-refractivity contribution < 1.29 is 17.9 Å². The number of anilines is 1. The van der Waals surface area contributed by atoms with Crippen LogP contribution in [0.3, 0.4) is 0 Å². The minimum atomic E-state index is -4.27. The van der Waals surface area contributed by atoms with Crippen molar-refractivity contribution in [1.29, 1.82) is 0 Å².